The number of β-amino-alcohol motifs (C(OH)–C–C–N with tert-alkyl or cyclic N) is 1. The first-order valence-electron chi connectivity index (χ1n) is 8.32. The normalized spacial score (nSPS) is 14.4. The van der Waals surface area contributed by atoms with Crippen molar-refractivity contribution in [3.8, 4) is 6.07 Å². The highest BCUT2D eigenvalue weighted by Crippen LogP contribution is 2.33. The van der Waals surface area contributed by atoms with Crippen LogP contribution in [0.25, 0.3) is 0 Å². The third-order valence-electron chi connectivity index (χ3n) is 4.44. The zero-order valence-electron chi connectivity index (χ0n) is 14.4. The molecule has 146 valence electrons. The van der Waals surface area contributed by atoms with Crippen LogP contribution in [0.2, 0.25) is 0 Å². The van der Waals surface area contributed by atoms with E-state index in [2.05, 4.69) is 5.32 Å². The Kier molecular flexibility index (Phi) is 5.25. The van der Waals surface area contributed by atoms with Gasteiger partial charge in [0.25, 0.3) is 5.91 Å². The number of halogens is 4. The van der Waals surface area contributed by atoms with Crippen LogP contribution in [0, 0.1) is 17.1 Å². The van der Waals surface area contributed by atoms with Crippen LogP contribution in [-0.2, 0) is 17.4 Å². The molecule has 2 aromatic rings. The molecule has 0 aliphatic carbocycles. The van der Waals surface area contributed by atoms with E-state index in [1.54, 1.807) is 11.0 Å². The third-order valence-corrected chi connectivity index (χ3v) is 4.44. The van der Waals surface area contributed by atoms with Gasteiger partial charge in [-0.3, -0.25) is 4.79 Å². The topological polar surface area (TPSA) is 76.4 Å². The summed E-state index contributed by atoms with van der Waals surface area (Å²) in [6, 6.07) is 8.43. The number of nitrogens with one attached hydrogen (secondary N) is 1. The van der Waals surface area contributed by atoms with Crippen LogP contribution in [0.15, 0.2) is 36.4 Å². The lowest BCUT2D eigenvalue weighted by molar-refractivity contribution is -0.137. The van der Waals surface area contributed by atoms with Gasteiger partial charge < -0.3 is 15.3 Å². The summed E-state index contributed by atoms with van der Waals surface area (Å²) in [5.74, 6) is -1.26. The predicted octanol–water partition coefficient (Wildman–Crippen LogP) is 3.08. The van der Waals surface area contributed by atoms with Crippen LogP contribution >= 0.6 is 0 Å². The number of fused-ring (bicyclic) bond motifs is 1. The number of benzene rings is 2. The molecule has 0 saturated carbocycles. The fourth-order valence-electron chi connectivity index (χ4n) is 3.10. The molecule has 3 rings (SSSR count). The summed E-state index contributed by atoms with van der Waals surface area (Å²) in [6.07, 6.45) is -5.70. The first-order chi connectivity index (χ1) is 13.2. The Morgan fingerprint density at radius 2 is 2.04 bits per heavy atom. The number of hydrogen-bond donors (Lipinski definition) is 2. The molecule has 1 atom stereocenters. The molecule has 0 aromatic heterocycles. The van der Waals surface area contributed by atoms with E-state index in [1.807, 2.05) is 0 Å². The smallest absolute Gasteiger partial charge is 0.381 e. The summed E-state index contributed by atoms with van der Waals surface area (Å²) in [7, 11) is 0. The summed E-state index contributed by atoms with van der Waals surface area (Å²) in [4.78, 5) is 13.9. The van der Waals surface area contributed by atoms with Gasteiger partial charge in [0, 0.05) is 17.9 Å². The fourth-order valence-corrected chi connectivity index (χ4v) is 3.10. The van der Waals surface area contributed by atoms with Gasteiger partial charge in [-0.05, 0) is 48.4 Å². The number of nitrogens with zero attached hydrogens (tertiary/aromatic N) is 2. The van der Waals surface area contributed by atoms with E-state index in [9.17, 15) is 27.5 Å². The van der Waals surface area contributed by atoms with Crippen molar-refractivity contribution in [1.82, 2.24) is 0 Å². The van der Waals surface area contributed by atoms with Crippen molar-refractivity contribution in [1.29, 1.82) is 5.26 Å². The van der Waals surface area contributed by atoms with Crippen molar-refractivity contribution in [2.75, 3.05) is 23.3 Å². The van der Waals surface area contributed by atoms with Gasteiger partial charge >= 0.3 is 6.18 Å². The average molecular weight is 393 g/mol. The number of nitriles is 1. The zero-order valence-corrected chi connectivity index (χ0v) is 14.4. The van der Waals surface area contributed by atoms with Crippen molar-refractivity contribution in [3.63, 3.8) is 0 Å². The van der Waals surface area contributed by atoms with Gasteiger partial charge in [-0.25, -0.2) is 4.39 Å². The van der Waals surface area contributed by atoms with Crippen molar-refractivity contribution in [3.05, 3.63) is 58.9 Å². The standard InChI is InChI=1S/C19H15F4N3O2/c20-13-2-4-16-11(7-13)5-6-26(16)10-17(27)18(28)25-14-3-1-12(9-24)15(8-14)19(21,22)23/h1-4,7-8,17,27H,5-6,10H2,(H,25,28)/t17-/m0/s1. The quantitative estimate of drug-likeness (QED) is 0.783. The maximum atomic E-state index is 13.3. The first kappa shape index (κ1) is 19.6. The molecule has 0 bridgehead atoms. The van der Waals surface area contributed by atoms with Crippen molar-refractivity contribution < 1.29 is 27.5 Å². The number of rotatable bonds is 4. The summed E-state index contributed by atoms with van der Waals surface area (Å²) >= 11 is 0. The number of carbonyl (C=O) groups excluding carboxylic acids is 1. The SMILES string of the molecule is N#Cc1ccc(NC(=O)[C@@H](O)CN2CCc3cc(F)ccc32)cc1C(F)(F)F. The number of hydrogen-bond acceptors (Lipinski definition) is 4. The fraction of sp³-hybridized carbons (Fsp3) is 0.263. The first-order valence-corrected chi connectivity index (χ1v) is 8.32. The second-order valence-electron chi connectivity index (χ2n) is 6.34. The summed E-state index contributed by atoms with van der Waals surface area (Å²) in [5, 5.41) is 21.2. The van der Waals surface area contributed by atoms with Crippen molar-refractivity contribution in [2.24, 2.45) is 0 Å². The molecule has 0 spiro atoms. The molecule has 1 aliphatic rings. The number of alkyl halides is 3. The van der Waals surface area contributed by atoms with Crippen LogP contribution in [-0.4, -0.2) is 30.2 Å². The molecule has 1 amide bonds. The molecular formula is C19H15F4N3O2. The molecule has 2 N–H and O–H groups in total. The van der Waals surface area contributed by atoms with Gasteiger partial charge in [0.2, 0.25) is 0 Å². The Morgan fingerprint density at radius 1 is 1.29 bits per heavy atom. The number of amides is 1. The molecule has 0 unspecified atom stereocenters. The van der Waals surface area contributed by atoms with E-state index in [4.69, 9.17) is 5.26 Å². The van der Waals surface area contributed by atoms with E-state index in [0.29, 0.717) is 24.7 Å². The van der Waals surface area contributed by atoms with E-state index >= 15 is 0 Å². The lowest BCUT2D eigenvalue weighted by Crippen LogP contribution is -2.39. The second-order valence-corrected chi connectivity index (χ2v) is 6.34. The Balaban J connectivity index is 1.70. The number of anilines is 2. The van der Waals surface area contributed by atoms with Gasteiger partial charge in [-0.1, -0.05) is 0 Å². The van der Waals surface area contributed by atoms with Gasteiger partial charge in [0.1, 0.15) is 5.82 Å². The highest BCUT2D eigenvalue weighted by Gasteiger charge is 2.34. The Hall–Kier alpha value is -3.12. The number of aliphatic hydroxyl groups is 1. The minimum atomic E-state index is -4.75. The summed E-state index contributed by atoms with van der Waals surface area (Å²) in [5.41, 5.74) is -0.454. The molecule has 2 aromatic carbocycles. The Labute approximate surface area is 157 Å². The molecule has 9 heteroatoms. The highest BCUT2D eigenvalue weighted by atomic mass is 19.4. The largest absolute Gasteiger partial charge is 0.417 e. The highest BCUT2D eigenvalue weighted by molar-refractivity contribution is 5.94. The lowest BCUT2D eigenvalue weighted by Gasteiger charge is -2.22. The predicted molar refractivity (Wildman–Crippen MR) is 93.1 cm³/mol. The van der Waals surface area contributed by atoms with Crippen LogP contribution in [0.4, 0.5) is 28.9 Å². The second kappa shape index (κ2) is 7.48. The molecule has 1 heterocycles. The van der Waals surface area contributed by atoms with E-state index in [0.717, 1.165) is 17.7 Å². The van der Waals surface area contributed by atoms with Crippen LogP contribution in [0.1, 0.15) is 16.7 Å². The summed E-state index contributed by atoms with van der Waals surface area (Å²) < 4.78 is 52.3. The van der Waals surface area contributed by atoms with Gasteiger partial charge in [0.15, 0.2) is 6.10 Å². The minimum absolute atomic E-state index is 0.0904. The number of carbonyl (C=O) groups is 1. The molecule has 5 nitrogen and oxygen atoms in total. The molecule has 0 radical (unpaired) electrons. The van der Waals surface area contributed by atoms with E-state index in [1.165, 1.54) is 18.2 Å². The average Bonchev–Trinajstić information content (AvgIpc) is 3.02. The number of aliphatic hydroxyl groups excluding tert-OH is 1. The molecule has 1 aliphatic heterocycles. The maximum Gasteiger partial charge on any atom is 0.417 e. The van der Waals surface area contributed by atoms with Gasteiger partial charge in [0.05, 0.1) is 23.7 Å². The summed E-state index contributed by atoms with van der Waals surface area (Å²) in [6.45, 7) is 0.394. The minimum Gasteiger partial charge on any atom is -0.381 e. The molecule has 0 saturated heterocycles. The van der Waals surface area contributed by atoms with Gasteiger partial charge in [-0.15, -0.1) is 0 Å². The monoisotopic (exact) mass is 393 g/mol. The maximum absolute atomic E-state index is 13.3. The van der Waals surface area contributed by atoms with Crippen LogP contribution in [0.5, 0.6) is 0 Å². The van der Waals surface area contributed by atoms with Crippen LogP contribution < -0.4 is 10.2 Å². The molecule has 28 heavy (non-hydrogen) atoms. The van der Waals surface area contributed by atoms with Crippen molar-refractivity contribution in [2.45, 2.75) is 18.7 Å². The molecule has 0 fully saturated rings. The van der Waals surface area contributed by atoms with E-state index in [-0.39, 0.29) is 18.0 Å². The zero-order chi connectivity index (χ0) is 20.5. The van der Waals surface area contributed by atoms with Gasteiger partial charge in [-0.2, -0.15) is 18.4 Å². The van der Waals surface area contributed by atoms with Crippen LogP contribution in [0.3, 0.4) is 0 Å². The van der Waals surface area contributed by atoms with E-state index < -0.39 is 29.3 Å². The third kappa shape index (κ3) is 4.07. The Bertz CT molecular complexity index is 953. The van der Waals surface area contributed by atoms with Crippen molar-refractivity contribution >= 4 is 17.3 Å². The Morgan fingerprint density at radius 3 is 2.71 bits per heavy atom. The lowest BCUT2D eigenvalue weighted by atomic mass is 10.1. The molecular weight excluding hydrogens is 378 g/mol.